The highest BCUT2D eigenvalue weighted by atomic mass is 16.5. The molecule has 5 N–H and O–H groups in total. The molecule has 0 aromatic heterocycles. The SMILES string of the molecule is CCCCOCC(O)CNCCNC(N)=O. The molecule has 6 heteroatoms. The van der Waals surface area contributed by atoms with Gasteiger partial charge in [0, 0.05) is 26.2 Å². The van der Waals surface area contributed by atoms with Gasteiger partial charge < -0.3 is 26.2 Å². The number of urea groups is 1. The first kappa shape index (κ1) is 15.2. The number of aliphatic hydroxyl groups excluding tert-OH is 1. The number of aliphatic hydroxyl groups is 1. The van der Waals surface area contributed by atoms with Crippen LogP contribution < -0.4 is 16.4 Å². The molecule has 0 aliphatic heterocycles. The first-order valence-corrected chi connectivity index (χ1v) is 5.66. The summed E-state index contributed by atoms with van der Waals surface area (Å²) in [7, 11) is 0. The lowest BCUT2D eigenvalue weighted by molar-refractivity contribution is 0.0361. The first-order valence-electron chi connectivity index (χ1n) is 5.66. The molecule has 0 saturated heterocycles. The van der Waals surface area contributed by atoms with E-state index in [0.717, 1.165) is 12.8 Å². The summed E-state index contributed by atoms with van der Waals surface area (Å²) in [6.07, 6.45) is 1.60. The minimum atomic E-state index is -0.537. The van der Waals surface area contributed by atoms with E-state index in [1.807, 2.05) is 0 Å². The van der Waals surface area contributed by atoms with Gasteiger partial charge in [0.2, 0.25) is 0 Å². The van der Waals surface area contributed by atoms with Gasteiger partial charge in [-0.3, -0.25) is 0 Å². The number of hydrogen-bond donors (Lipinski definition) is 4. The molecule has 1 unspecified atom stereocenters. The fraction of sp³-hybridized carbons (Fsp3) is 0.900. The Balaban J connectivity index is 3.17. The summed E-state index contributed by atoms with van der Waals surface area (Å²) in [4.78, 5) is 10.3. The lowest BCUT2D eigenvalue weighted by atomic mass is 10.3. The van der Waals surface area contributed by atoms with Gasteiger partial charge >= 0.3 is 6.03 Å². The molecule has 0 saturated carbocycles. The summed E-state index contributed by atoms with van der Waals surface area (Å²) < 4.78 is 5.25. The van der Waals surface area contributed by atoms with Crippen molar-refractivity contribution in [3.8, 4) is 0 Å². The van der Waals surface area contributed by atoms with Gasteiger partial charge in [0.15, 0.2) is 0 Å². The van der Waals surface area contributed by atoms with Crippen molar-refractivity contribution < 1.29 is 14.6 Å². The van der Waals surface area contributed by atoms with Crippen LogP contribution in [0.25, 0.3) is 0 Å². The van der Waals surface area contributed by atoms with Crippen LogP contribution in [0.2, 0.25) is 0 Å². The number of primary amides is 1. The standard InChI is InChI=1S/C10H23N3O3/c1-2-3-6-16-8-9(14)7-12-4-5-13-10(11)15/h9,12,14H,2-8H2,1H3,(H3,11,13,15). The highest BCUT2D eigenvalue weighted by Gasteiger charge is 2.02. The van der Waals surface area contributed by atoms with Gasteiger partial charge in [0.1, 0.15) is 0 Å². The van der Waals surface area contributed by atoms with Gasteiger partial charge in [-0.1, -0.05) is 13.3 Å². The van der Waals surface area contributed by atoms with E-state index in [0.29, 0.717) is 32.8 Å². The quantitative estimate of drug-likeness (QED) is 0.380. The minimum Gasteiger partial charge on any atom is -0.389 e. The molecule has 0 radical (unpaired) electrons. The molecule has 16 heavy (non-hydrogen) atoms. The van der Waals surface area contributed by atoms with Gasteiger partial charge in [-0.15, -0.1) is 0 Å². The van der Waals surface area contributed by atoms with Crippen LogP contribution in [0.5, 0.6) is 0 Å². The van der Waals surface area contributed by atoms with Crippen LogP contribution in [0.15, 0.2) is 0 Å². The van der Waals surface area contributed by atoms with Gasteiger partial charge in [-0.05, 0) is 6.42 Å². The molecular formula is C10H23N3O3. The van der Waals surface area contributed by atoms with Crippen molar-refractivity contribution in [3.63, 3.8) is 0 Å². The average Bonchev–Trinajstić information content (AvgIpc) is 2.23. The summed E-state index contributed by atoms with van der Waals surface area (Å²) >= 11 is 0. The zero-order valence-corrected chi connectivity index (χ0v) is 9.87. The number of rotatable bonds is 10. The van der Waals surface area contributed by atoms with E-state index < -0.39 is 12.1 Å². The molecule has 96 valence electrons. The van der Waals surface area contributed by atoms with E-state index in [4.69, 9.17) is 10.5 Å². The lowest BCUT2D eigenvalue weighted by Gasteiger charge is -2.12. The van der Waals surface area contributed by atoms with E-state index >= 15 is 0 Å². The number of unbranched alkanes of at least 4 members (excludes halogenated alkanes) is 1. The summed E-state index contributed by atoms with van der Waals surface area (Å²) in [6, 6.07) is -0.537. The second-order valence-corrected chi connectivity index (χ2v) is 3.58. The van der Waals surface area contributed by atoms with Crippen molar-refractivity contribution in [2.24, 2.45) is 5.73 Å². The van der Waals surface area contributed by atoms with Crippen molar-refractivity contribution >= 4 is 6.03 Å². The molecule has 0 aliphatic carbocycles. The summed E-state index contributed by atoms with van der Waals surface area (Å²) in [5.41, 5.74) is 4.88. The van der Waals surface area contributed by atoms with Crippen LogP contribution in [0, 0.1) is 0 Å². The second kappa shape index (κ2) is 10.7. The Bertz CT molecular complexity index is 179. The molecule has 0 aromatic rings. The predicted octanol–water partition coefficient (Wildman–Crippen LogP) is -0.578. The van der Waals surface area contributed by atoms with Gasteiger partial charge in [0.25, 0.3) is 0 Å². The molecule has 0 aromatic carbocycles. The maximum absolute atomic E-state index is 10.3. The normalized spacial score (nSPS) is 12.4. The van der Waals surface area contributed by atoms with Crippen LogP contribution in [0.1, 0.15) is 19.8 Å². The van der Waals surface area contributed by atoms with Crippen molar-refractivity contribution in [1.82, 2.24) is 10.6 Å². The molecule has 0 spiro atoms. The Hall–Kier alpha value is -0.850. The molecule has 0 fully saturated rings. The first-order chi connectivity index (χ1) is 7.66. The van der Waals surface area contributed by atoms with Crippen LogP contribution in [-0.4, -0.2) is 50.1 Å². The molecule has 1 atom stereocenters. The monoisotopic (exact) mass is 233 g/mol. The van der Waals surface area contributed by atoms with Gasteiger partial charge in [-0.25, -0.2) is 4.79 Å². The maximum atomic E-state index is 10.3. The summed E-state index contributed by atoms with van der Waals surface area (Å²) in [6.45, 7) is 4.61. The van der Waals surface area contributed by atoms with Crippen LogP contribution >= 0.6 is 0 Å². The number of hydrogen-bond acceptors (Lipinski definition) is 4. The van der Waals surface area contributed by atoms with Crippen molar-refractivity contribution in [3.05, 3.63) is 0 Å². The Kier molecular flexibility index (Phi) is 10.1. The molecule has 0 rings (SSSR count). The van der Waals surface area contributed by atoms with Crippen LogP contribution in [-0.2, 0) is 4.74 Å². The smallest absolute Gasteiger partial charge is 0.312 e. The fourth-order valence-electron chi connectivity index (χ4n) is 1.07. The Morgan fingerprint density at radius 3 is 2.88 bits per heavy atom. The fourth-order valence-corrected chi connectivity index (χ4v) is 1.07. The van der Waals surface area contributed by atoms with E-state index in [2.05, 4.69) is 17.6 Å². The number of amides is 2. The van der Waals surface area contributed by atoms with E-state index in [-0.39, 0.29) is 0 Å². The Labute approximate surface area is 96.5 Å². The molecule has 0 heterocycles. The van der Waals surface area contributed by atoms with E-state index in [9.17, 15) is 9.90 Å². The lowest BCUT2D eigenvalue weighted by Crippen LogP contribution is -2.38. The third kappa shape index (κ3) is 11.2. The second-order valence-electron chi connectivity index (χ2n) is 3.58. The number of nitrogens with one attached hydrogen (secondary N) is 2. The molecule has 2 amide bonds. The molecule has 6 nitrogen and oxygen atoms in total. The van der Waals surface area contributed by atoms with Crippen molar-refractivity contribution in [2.75, 3.05) is 32.8 Å². The predicted molar refractivity (Wildman–Crippen MR) is 62.2 cm³/mol. The Morgan fingerprint density at radius 1 is 1.50 bits per heavy atom. The number of carbonyl (C=O) groups is 1. The average molecular weight is 233 g/mol. The van der Waals surface area contributed by atoms with Crippen molar-refractivity contribution in [1.29, 1.82) is 0 Å². The maximum Gasteiger partial charge on any atom is 0.312 e. The highest BCUT2D eigenvalue weighted by molar-refractivity contribution is 5.71. The highest BCUT2D eigenvalue weighted by Crippen LogP contribution is 1.89. The zero-order valence-electron chi connectivity index (χ0n) is 9.87. The minimum absolute atomic E-state index is 0.344. The molecule has 0 bridgehead atoms. The number of nitrogens with two attached hydrogens (primary N) is 1. The third-order valence-corrected chi connectivity index (χ3v) is 1.93. The van der Waals surface area contributed by atoms with Crippen LogP contribution in [0.4, 0.5) is 4.79 Å². The zero-order chi connectivity index (χ0) is 12.2. The van der Waals surface area contributed by atoms with Gasteiger partial charge in [0.05, 0.1) is 12.7 Å². The molecule has 0 aliphatic rings. The Morgan fingerprint density at radius 2 is 2.25 bits per heavy atom. The van der Waals surface area contributed by atoms with E-state index in [1.165, 1.54) is 0 Å². The molecular weight excluding hydrogens is 210 g/mol. The van der Waals surface area contributed by atoms with Crippen LogP contribution in [0.3, 0.4) is 0 Å². The summed E-state index contributed by atoms with van der Waals surface area (Å²) in [5.74, 6) is 0. The third-order valence-electron chi connectivity index (χ3n) is 1.93. The number of carbonyl (C=O) groups excluding carboxylic acids is 1. The number of ether oxygens (including phenoxy) is 1. The largest absolute Gasteiger partial charge is 0.389 e. The van der Waals surface area contributed by atoms with E-state index in [1.54, 1.807) is 0 Å². The van der Waals surface area contributed by atoms with Crippen molar-refractivity contribution in [2.45, 2.75) is 25.9 Å². The van der Waals surface area contributed by atoms with Gasteiger partial charge in [-0.2, -0.15) is 0 Å². The summed E-state index contributed by atoms with van der Waals surface area (Å²) in [5, 5.41) is 14.9. The topological polar surface area (TPSA) is 96.6 Å².